The number of fused-ring (bicyclic) bond motifs is 1. The van der Waals surface area contributed by atoms with Gasteiger partial charge in [-0.1, -0.05) is 23.8 Å². The molecule has 1 amide bonds. The second-order valence-electron chi connectivity index (χ2n) is 6.17. The number of esters is 1. The Labute approximate surface area is 143 Å². The van der Waals surface area contributed by atoms with Crippen molar-refractivity contribution in [3.05, 3.63) is 41.2 Å². The highest BCUT2D eigenvalue weighted by Crippen LogP contribution is 2.53. The molecule has 5 nitrogen and oxygen atoms in total. The second-order valence-corrected chi connectivity index (χ2v) is 6.58. The van der Waals surface area contributed by atoms with Crippen molar-refractivity contribution in [3.63, 3.8) is 0 Å². The van der Waals surface area contributed by atoms with Gasteiger partial charge in [0.15, 0.2) is 0 Å². The maximum Gasteiger partial charge on any atom is 0.312 e. The smallest absolute Gasteiger partial charge is 0.312 e. The number of anilines is 1. The summed E-state index contributed by atoms with van der Waals surface area (Å²) in [5.41, 5.74) is -0.455. The van der Waals surface area contributed by atoms with Crippen molar-refractivity contribution in [2.24, 2.45) is 11.8 Å². The molecular weight excluding hydrogens is 337 g/mol. The van der Waals surface area contributed by atoms with Crippen molar-refractivity contribution in [1.29, 1.82) is 0 Å². The molecule has 2 saturated heterocycles. The summed E-state index contributed by atoms with van der Waals surface area (Å²) in [5.74, 6) is -2.60. The van der Waals surface area contributed by atoms with E-state index in [0.29, 0.717) is 5.69 Å². The number of amides is 1. The normalized spacial score (nSPS) is 33.2. The molecule has 1 aromatic carbocycles. The van der Waals surface area contributed by atoms with Gasteiger partial charge in [-0.15, -0.1) is 0 Å². The average molecular weight is 352 g/mol. The highest BCUT2D eigenvalue weighted by molar-refractivity contribution is 6.30. The van der Waals surface area contributed by atoms with Crippen molar-refractivity contribution in [2.75, 3.05) is 18.1 Å². The molecule has 7 heteroatoms. The van der Waals surface area contributed by atoms with Gasteiger partial charge < -0.3 is 14.4 Å². The largest absolute Gasteiger partial charge is 0.466 e. The van der Waals surface area contributed by atoms with E-state index in [1.807, 2.05) is 6.08 Å². The fraction of sp³-hybridized carbons (Fsp3) is 0.412. The Morgan fingerprint density at radius 1 is 1.54 bits per heavy atom. The highest BCUT2D eigenvalue weighted by Gasteiger charge is 2.67. The number of halogens is 2. The molecule has 0 aliphatic carbocycles. The third-order valence-electron chi connectivity index (χ3n) is 4.87. The molecule has 126 valence electrons. The first-order valence-electron chi connectivity index (χ1n) is 7.77. The zero-order valence-corrected chi connectivity index (χ0v) is 13.6. The topological polar surface area (TPSA) is 55.8 Å². The zero-order valence-electron chi connectivity index (χ0n) is 12.9. The molecular formula is C17H15ClFNO4. The summed E-state index contributed by atoms with van der Waals surface area (Å²) in [5, 5.41) is -0.00905. The molecule has 0 saturated carbocycles. The van der Waals surface area contributed by atoms with Gasteiger partial charge in [0, 0.05) is 5.69 Å². The SMILES string of the molecule is CCOC(=O)[C@@H]1[C@@H]2C=C[C@]3(CN(c4ccc(Cl)c(F)c4)C(=O)[C@H]13)O2. The zero-order chi connectivity index (χ0) is 17.1. The molecule has 2 fully saturated rings. The predicted octanol–water partition coefficient (Wildman–Crippen LogP) is 2.33. The van der Waals surface area contributed by atoms with Gasteiger partial charge in [0.25, 0.3) is 0 Å². The molecule has 24 heavy (non-hydrogen) atoms. The minimum absolute atomic E-state index is 0.00905. The van der Waals surface area contributed by atoms with E-state index in [0.717, 1.165) is 0 Å². The summed E-state index contributed by atoms with van der Waals surface area (Å²) in [4.78, 5) is 26.7. The number of carbonyl (C=O) groups excluding carboxylic acids is 2. The van der Waals surface area contributed by atoms with Crippen LogP contribution in [0.5, 0.6) is 0 Å². The lowest BCUT2D eigenvalue weighted by molar-refractivity contribution is -0.151. The standard InChI is InChI=1S/C17H15ClFNO4/c1-2-23-16(22)13-12-5-6-17(24-12)8-20(15(21)14(13)17)9-3-4-10(18)11(19)7-9/h3-7,12-14H,2,8H2,1H3/t12-,13+,14-,17+/m0/s1. The van der Waals surface area contributed by atoms with Crippen molar-refractivity contribution < 1.29 is 23.5 Å². The summed E-state index contributed by atoms with van der Waals surface area (Å²) >= 11 is 5.70. The molecule has 3 aliphatic rings. The van der Waals surface area contributed by atoms with Gasteiger partial charge >= 0.3 is 5.97 Å². The first kappa shape index (κ1) is 15.6. The van der Waals surface area contributed by atoms with Gasteiger partial charge in [-0.3, -0.25) is 9.59 Å². The quantitative estimate of drug-likeness (QED) is 0.619. The third kappa shape index (κ3) is 2.03. The monoisotopic (exact) mass is 351 g/mol. The van der Waals surface area contributed by atoms with Crippen LogP contribution in [0.4, 0.5) is 10.1 Å². The Hall–Kier alpha value is -1.92. The Bertz CT molecular complexity index is 767. The fourth-order valence-corrected chi connectivity index (χ4v) is 3.99. The summed E-state index contributed by atoms with van der Waals surface area (Å²) in [7, 11) is 0. The molecule has 4 atom stereocenters. The van der Waals surface area contributed by atoms with Crippen LogP contribution in [0, 0.1) is 17.7 Å². The maximum atomic E-state index is 13.8. The minimum atomic E-state index is -0.852. The van der Waals surface area contributed by atoms with Crippen LogP contribution in [0.25, 0.3) is 0 Å². The maximum absolute atomic E-state index is 13.8. The molecule has 3 aliphatic heterocycles. The number of nitrogens with zero attached hydrogens (tertiary/aromatic N) is 1. The Morgan fingerprint density at radius 3 is 3.04 bits per heavy atom. The van der Waals surface area contributed by atoms with E-state index < -0.39 is 35.3 Å². The molecule has 2 bridgehead atoms. The molecule has 1 spiro atoms. The molecule has 1 aromatic rings. The number of carbonyl (C=O) groups is 2. The lowest BCUT2D eigenvalue weighted by atomic mass is 9.77. The van der Waals surface area contributed by atoms with Gasteiger partial charge in [0.1, 0.15) is 17.3 Å². The van der Waals surface area contributed by atoms with Crippen LogP contribution in [0.15, 0.2) is 30.4 Å². The van der Waals surface area contributed by atoms with Gasteiger partial charge in [-0.2, -0.15) is 0 Å². The van der Waals surface area contributed by atoms with Crippen LogP contribution in [0.3, 0.4) is 0 Å². The lowest BCUT2D eigenvalue weighted by Crippen LogP contribution is -2.40. The van der Waals surface area contributed by atoms with Gasteiger partial charge in [0.05, 0.1) is 30.2 Å². The minimum Gasteiger partial charge on any atom is -0.466 e. The second kappa shape index (κ2) is 5.29. The number of rotatable bonds is 3. The van der Waals surface area contributed by atoms with Gasteiger partial charge in [-0.05, 0) is 25.1 Å². The Balaban J connectivity index is 1.69. The predicted molar refractivity (Wildman–Crippen MR) is 84.1 cm³/mol. The number of benzene rings is 1. The van der Waals surface area contributed by atoms with Crippen LogP contribution in [-0.4, -0.2) is 36.7 Å². The summed E-state index contributed by atoms with van der Waals surface area (Å²) in [6.07, 6.45) is 3.20. The first-order chi connectivity index (χ1) is 11.5. The van der Waals surface area contributed by atoms with Crippen LogP contribution in [-0.2, 0) is 19.1 Å². The van der Waals surface area contributed by atoms with E-state index in [-0.39, 0.29) is 24.1 Å². The van der Waals surface area contributed by atoms with Crippen molar-refractivity contribution >= 4 is 29.2 Å². The molecule has 3 heterocycles. The summed E-state index contributed by atoms with van der Waals surface area (Å²) < 4.78 is 24.8. The van der Waals surface area contributed by atoms with E-state index in [2.05, 4.69) is 0 Å². The van der Waals surface area contributed by atoms with Crippen molar-refractivity contribution in [2.45, 2.75) is 18.6 Å². The first-order valence-corrected chi connectivity index (χ1v) is 8.15. The molecule has 0 N–H and O–H groups in total. The lowest BCUT2D eigenvalue weighted by Gasteiger charge is -2.22. The van der Waals surface area contributed by atoms with E-state index in [9.17, 15) is 14.0 Å². The van der Waals surface area contributed by atoms with Crippen LogP contribution >= 0.6 is 11.6 Å². The van der Waals surface area contributed by atoms with Gasteiger partial charge in [-0.25, -0.2) is 4.39 Å². The molecule has 0 aromatic heterocycles. The number of hydrogen-bond donors (Lipinski definition) is 0. The third-order valence-corrected chi connectivity index (χ3v) is 5.18. The van der Waals surface area contributed by atoms with E-state index in [4.69, 9.17) is 21.1 Å². The van der Waals surface area contributed by atoms with E-state index in [1.165, 1.54) is 17.0 Å². The van der Waals surface area contributed by atoms with E-state index >= 15 is 0 Å². The van der Waals surface area contributed by atoms with Crippen LogP contribution in [0.2, 0.25) is 5.02 Å². The van der Waals surface area contributed by atoms with Crippen molar-refractivity contribution in [1.82, 2.24) is 0 Å². The van der Waals surface area contributed by atoms with Gasteiger partial charge in [0.2, 0.25) is 5.91 Å². The van der Waals surface area contributed by atoms with E-state index in [1.54, 1.807) is 19.1 Å². The van der Waals surface area contributed by atoms with Crippen molar-refractivity contribution in [3.8, 4) is 0 Å². The number of hydrogen-bond acceptors (Lipinski definition) is 4. The Morgan fingerprint density at radius 2 is 2.33 bits per heavy atom. The van der Waals surface area contributed by atoms with Crippen LogP contribution < -0.4 is 4.90 Å². The average Bonchev–Trinajstić information content (AvgIpc) is 3.19. The molecule has 0 unspecified atom stereocenters. The number of ether oxygens (including phenoxy) is 2. The summed E-state index contributed by atoms with van der Waals surface area (Å²) in [6.45, 7) is 2.20. The molecule has 0 radical (unpaired) electrons. The van der Waals surface area contributed by atoms with Crippen LogP contribution in [0.1, 0.15) is 6.92 Å². The summed E-state index contributed by atoms with van der Waals surface area (Å²) in [6, 6.07) is 4.20. The molecule has 4 rings (SSSR count). The fourth-order valence-electron chi connectivity index (χ4n) is 3.88. The highest BCUT2D eigenvalue weighted by atomic mass is 35.5. The Kier molecular flexibility index (Phi) is 3.44.